The molecule has 0 aliphatic carbocycles. The van der Waals surface area contributed by atoms with Gasteiger partial charge in [-0.25, -0.2) is 9.88 Å². The maximum Gasteiger partial charge on any atom is 0.299 e. The van der Waals surface area contributed by atoms with E-state index in [1.54, 1.807) is 0 Å². The van der Waals surface area contributed by atoms with Crippen molar-refractivity contribution in [2.45, 2.75) is 18.9 Å². The van der Waals surface area contributed by atoms with E-state index in [0.29, 0.717) is 0 Å². The summed E-state index contributed by atoms with van der Waals surface area (Å²) in [4.78, 5) is 17.0. The van der Waals surface area contributed by atoms with Crippen LogP contribution >= 0.6 is 0 Å². The van der Waals surface area contributed by atoms with Crippen LogP contribution in [0.3, 0.4) is 0 Å². The number of carbonyl (C=O) groups excluding carboxylic acids is 1. The molecule has 1 saturated heterocycles. The van der Waals surface area contributed by atoms with Crippen molar-refractivity contribution in [1.29, 1.82) is 0 Å². The van der Waals surface area contributed by atoms with Crippen molar-refractivity contribution >= 4 is 17.4 Å². The van der Waals surface area contributed by atoms with Crippen molar-refractivity contribution in [3.8, 4) is 0 Å². The first-order chi connectivity index (χ1) is 6.86. The predicted octanol–water partition coefficient (Wildman–Crippen LogP) is 0.422. The number of carbonyl (C=O) groups is 1. The van der Waals surface area contributed by atoms with Crippen LogP contribution in [-0.4, -0.2) is 18.5 Å². The maximum absolute atomic E-state index is 11.7. The van der Waals surface area contributed by atoms with E-state index < -0.39 is 0 Å². The van der Waals surface area contributed by atoms with Crippen LogP contribution in [0.2, 0.25) is 0 Å². The number of aromatic nitrogens is 1. The Morgan fingerprint density at radius 1 is 1.57 bits per heavy atom. The first kappa shape index (κ1) is 7.79. The second kappa shape index (κ2) is 2.70. The lowest BCUT2D eigenvalue weighted by atomic mass is 10.1. The Hall–Kier alpha value is -1.58. The standard InChI is InChI=1S/C10H11N3O/c14-10-8-4-2-6-13(8)9-7(12-10)3-1-5-11-9/h1,3,5,8H,2,4,6H2,(H,12,14)/p+1/t8-/m1/s1. The SMILES string of the molecule is O=C1Nc2ccc[nH+]c2N2CCC[C@H]12. The molecule has 3 heterocycles. The molecule has 0 aromatic carbocycles. The van der Waals surface area contributed by atoms with Crippen LogP contribution in [0.15, 0.2) is 18.3 Å². The van der Waals surface area contributed by atoms with Crippen LogP contribution in [0.5, 0.6) is 0 Å². The number of nitrogens with one attached hydrogen (secondary N) is 2. The van der Waals surface area contributed by atoms with E-state index in [1.165, 1.54) is 0 Å². The predicted molar refractivity (Wildman–Crippen MR) is 52.0 cm³/mol. The number of hydrogen-bond acceptors (Lipinski definition) is 2. The van der Waals surface area contributed by atoms with Crippen molar-refractivity contribution in [3.05, 3.63) is 18.3 Å². The number of pyridine rings is 1. The quantitative estimate of drug-likeness (QED) is 0.644. The fourth-order valence-electron chi connectivity index (χ4n) is 2.29. The van der Waals surface area contributed by atoms with Crippen LogP contribution < -0.4 is 15.2 Å². The van der Waals surface area contributed by atoms with Crippen molar-refractivity contribution in [1.82, 2.24) is 0 Å². The van der Waals surface area contributed by atoms with Crippen LogP contribution in [0, 0.1) is 0 Å². The van der Waals surface area contributed by atoms with Gasteiger partial charge in [0.25, 0.3) is 11.7 Å². The summed E-state index contributed by atoms with van der Waals surface area (Å²) in [5.74, 6) is 1.18. The smallest absolute Gasteiger partial charge is 0.299 e. The topological polar surface area (TPSA) is 46.5 Å². The summed E-state index contributed by atoms with van der Waals surface area (Å²) in [7, 11) is 0. The van der Waals surface area contributed by atoms with E-state index in [1.807, 2.05) is 18.3 Å². The fourth-order valence-corrected chi connectivity index (χ4v) is 2.29. The third-order valence-electron chi connectivity index (χ3n) is 2.93. The molecule has 0 bridgehead atoms. The summed E-state index contributed by atoms with van der Waals surface area (Å²) < 4.78 is 0. The lowest BCUT2D eigenvalue weighted by molar-refractivity contribution is -0.363. The van der Waals surface area contributed by atoms with E-state index >= 15 is 0 Å². The minimum absolute atomic E-state index is 0.0427. The minimum atomic E-state index is 0.0427. The highest BCUT2D eigenvalue weighted by Crippen LogP contribution is 2.32. The Labute approximate surface area is 81.9 Å². The van der Waals surface area contributed by atoms with E-state index in [-0.39, 0.29) is 11.9 Å². The molecule has 1 fully saturated rings. The van der Waals surface area contributed by atoms with Gasteiger partial charge in [-0.15, -0.1) is 0 Å². The lowest BCUT2D eigenvalue weighted by Crippen LogP contribution is -2.46. The van der Waals surface area contributed by atoms with Crippen LogP contribution in [-0.2, 0) is 4.79 Å². The molecule has 72 valence electrons. The summed E-state index contributed by atoms with van der Waals surface area (Å²) in [5, 5.41) is 2.92. The number of fused-ring (bicyclic) bond motifs is 3. The molecule has 4 nitrogen and oxygen atoms in total. The molecule has 1 aromatic heterocycles. The van der Waals surface area contributed by atoms with Gasteiger partial charge >= 0.3 is 0 Å². The molecule has 0 radical (unpaired) electrons. The largest absolute Gasteiger partial charge is 0.316 e. The first-order valence-electron chi connectivity index (χ1n) is 4.94. The van der Waals surface area contributed by atoms with Crippen molar-refractivity contribution < 1.29 is 9.78 Å². The molecule has 14 heavy (non-hydrogen) atoms. The summed E-state index contributed by atoms with van der Waals surface area (Å²) in [5.41, 5.74) is 0.899. The van der Waals surface area contributed by atoms with Crippen molar-refractivity contribution in [2.75, 3.05) is 16.8 Å². The summed E-state index contributed by atoms with van der Waals surface area (Å²) in [6.07, 6.45) is 3.96. The summed E-state index contributed by atoms with van der Waals surface area (Å²) in [6.45, 7) is 0.978. The van der Waals surface area contributed by atoms with Gasteiger partial charge in [-0.3, -0.25) is 4.79 Å². The molecule has 3 rings (SSSR count). The van der Waals surface area contributed by atoms with E-state index in [0.717, 1.165) is 30.9 Å². The number of rotatable bonds is 0. The van der Waals surface area contributed by atoms with Gasteiger partial charge in [0.15, 0.2) is 6.04 Å². The number of amides is 1. The first-order valence-corrected chi connectivity index (χ1v) is 4.94. The number of anilines is 2. The van der Waals surface area contributed by atoms with Gasteiger partial charge in [-0.1, -0.05) is 0 Å². The highest BCUT2D eigenvalue weighted by atomic mass is 16.2. The molecule has 0 unspecified atom stereocenters. The van der Waals surface area contributed by atoms with E-state index in [9.17, 15) is 4.79 Å². The number of aromatic amines is 1. The summed E-state index contributed by atoms with van der Waals surface area (Å²) in [6, 6.07) is 3.87. The van der Waals surface area contributed by atoms with Crippen LogP contribution in [0.1, 0.15) is 12.8 Å². The molecule has 4 heteroatoms. The Bertz CT molecular complexity index is 391. The molecule has 2 N–H and O–H groups in total. The third kappa shape index (κ3) is 0.937. The van der Waals surface area contributed by atoms with Gasteiger partial charge in [-0.05, 0) is 18.6 Å². The van der Waals surface area contributed by atoms with E-state index in [4.69, 9.17) is 0 Å². The van der Waals surface area contributed by atoms with Gasteiger partial charge in [0, 0.05) is 6.42 Å². The molecular formula is C10H12N3O+. The molecule has 0 spiro atoms. The zero-order valence-electron chi connectivity index (χ0n) is 7.79. The zero-order chi connectivity index (χ0) is 9.54. The van der Waals surface area contributed by atoms with Gasteiger partial charge in [0.2, 0.25) is 0 Å². The Kier molecular flexibility index (Phi) is 1.50. The van der Waals surface area contributed by atoms with Gasteiger partial charge < -0.3 is 5.32 Å². The highest BCUT2D eigenvalue weighted by molar-refractivity contribution is 6.02. The van der Waals surface area contributed by atoms with Crippen LogP contribution in [0.4, 0.5) is 11.5 Å². The normalized spacial score (nSPS) is 24.1. The maximum atomic E-state index is 11.7. The molecule has 0 saturated carbocycles. The van der Waals surface area contributed by atoms with Crippen LogP contribution in [0.25, 0.3) is 0 Å². The molecule has 1 aromatic rings. The molecule has 2 aliphatic heterocycles. The number of nitrogens with zero attached hydrogens (tertiary/aromatic N) is 1. The second-order valence-electron chi connectivity index (χ2n) is 3.77. The fraction of sp³-hybridized carbons (Fsp3) is 0.400. The van der Waals surface area contributed by atoms with Gasteiger partial charge in [0.05, 0.1) is 12.7 Å². The molecule has 1 amide bonds. The zero-order valence-corrected chi connectivity index (χ0v) is 7.79. The van der Waals surface area contributed by atoms with Gasteiger partial charge in [-0.2, -0.15) is 0 Å². The van der Waals surface area contributed by atoms with Gasteiger partial charge in [0.1, 0.15) is 5.69 Å². The third-order valence-corrected chi connectivity index (χ3v) is 2.93. The average molecular weight is 190 g/mol. The molecular weight excluding hydrogens is 178 g/mol. The molecule has 2 aliphatic rings. The van der Waals surface area contributed by atoms with Crippen molar-refractivity contribution in [2.24, 2.45) is 0 Å². The Morgan fingerprint density at radius 3 is 3.43 bits per heavy atom. The second-order valence-corrected chi connectivity index (χ2v) is 3.77. The Morgan fingerprint density at radius 2 is 2.50 bits per heavy atom. The summed E-state index contributed by atoms with van der Waals surface area (Å²) >= 11 is 0. The number of H-pyrrole nitrogens is 1. The average Bonchev–Trinajstić information content (AvgIpc) is 2.67. The Balaban J connectivity index is 2.11. The van der Waals surface area contributed by atoms with E-state index in [2.05, 4.69) is 15.2 Å². The number of hydrogen-bond donors (Lipinski definition) is 1. The van der Waals surface area contributed by atoms with Crippen molar-refractivity contribution in [3.63, 3.8) is 0 Å². The monoisotopic (exact) mass is 190 g/mol. The minimum Gasteiger partial charge on any atom is -0.316 e. The molecule has 1 atom stereocenters. The highest BCUT2D eigenvalue weighted by Gasteiger charge is 2.42. The lowest BCUT2D eigenvalue weighted by Gasteiger charge is -2.24.